The molecule has 1 heterocycles. The van der Waals surface area contributed by atoms with Crippen LogP contribution in [0, 0.1) is 5.21 Å². The summed E-state index contributed by atoms with van der Waals surface area (Å²) in [6.45, 7) is 0. The van der Waals surface area contributed by atoms with E-state index in [-0.39, 0.29) is 16.9 Å². The molecule has 20 heavy (non-hydrogen) atoms. The summed E-state index contributed by atoms with van der Waals surface area (Å²) in [6.07, 6.45) is 1.75. The number of benzene rings is 1. The largest absolute Gasteiger partial charge is 0.761 e. The van der Waals surface area contributed by atoms with Gasteiger partial charge >= 0.3 is 5.69 Å². The molecular formula is C13H11ClN3O3-. The molecule has 0 radical (unpaired) electrons. The molecule has 7 heteroatoms. The van der Waals surface area contributed by atoms with Gasteiger partial charge in [0.15, 0.2) is 0 Å². The van der Waals surface area contributed by atoms with Crippen LogP contribution < -0.4 is 16.7 Å². The van der Waals surface area contributed by atoms with Crippen molar-refractivity contribution in [3.63, 3.8) is 0 Å². The van der Waals surface area contributed by atoms with Gasteiger partial charge in [-0.25, -0.2) is 9.36 Å². The van der Waals surface area contributed by atoms with Crippen LogP contribution in [0.2, 0.25) is 5.15 Å². The van der Waals surface area contributed by atoms with Crippen molar-refractivity contribution in [2.75, 3.05) is 5.48 Å². The summed E-state index contributed by atoms with van der Waals surface area (Å²) in [4.78, 5) is 24.5. The van der Waals surface area contributed by atoms with Gasteiger partial charge in [-0.3, -0.25) is 9.36 Å². The molecule has 1 aromatic heterocycles. The van der Waals surface area contributed by atoms with Gasteiger partial charge in [0.2, 0.25) is 0 Å². The molecule has 1 N–H and O–H groups in total. The van der Waals surface area contributed by atoms with E-state index in [0.29, 0.717) is 5.69 Å². The molecular weight excluding hydrogens is 282 g/mol. The van der Waals surface area contributed by atoms with Crippen molar-refractivity contribution in [1.82, 2.24) is 9.13 Å². The third-order valence-electron chi connectivity index (χ3n) is 3.22. The monoisotopic (exact) mass is 292 g/mol. The van der Waals surface area contributed by atoms with Crippen LogP contribution in [-0.4, -0.2) is 9.13 Å². The van der Waals surface area contributed by atoms with E-state index in [4.69, 9.17) is 11.6 Å². The Morgan fingerprint density at radius 2 is 2.00 bits per heavy atom. The minimum absolute atomic E-state index is 0.0580. The lowest BCUT2D eigenvalue weighted by Crippen LogP contribution is -2.38. The van der Waals surface area contributed by atoms with Gasteiger partial charge in [0.05, 0.1) is 5.69 Å². The first-order chi connectivity index (χ1) is 9.61. The summed E-state index contributed by atoms with van der Waals surface area (Å²) < 4.78 is 2.44. The fourth-order valence-electron chi connectivity index (χ4n) is 2.14. The van der Waals surface area contributed by atoms with Crippen LogP contribution in [0.4, 0.5) is 5.69 Å². The molecule has 1 fully saturated rings. The summed E-state index contributed by atoms with van der Waals surface area (Å²) in [5.41, 5.74) is 1.36. The van der Waals surface area contributed by atoms with E-state index in [1.54, 1.807) is 23.7 Å². The molecule has 0 aliphatic heterocycles. The molecule has 1 saturated carbocycles. The Hall–Kier alpha value is -2.05. The highest BCUT2D eigenvalue weighted by molar-refractivity contribution is 6.29. The van der Waals surface area contributed by atoms with Crippen LogP contribution in [-0.2, 0) is 0 Å². The Bertz CT molecular complexity index is 777. The third kappa shape index (κ3) is 2.13. The first kappa shape index (κ1) is 13.0. The number of rotatable bonds is 3. The fourth-order valence-corrected chi connectivity index (χ4v) is 2.44. The molecule has 0 atom stereocenters. The van der Waals surface area contributed by atoms with E-state index in [9.17, 15) is 14.8 Å². The van der Waals surface area contributed by atoms with E-state index in [1.165, 1.54) is 16.7 Å². The highest BCUT2D eigenvalue weighted by Crippen LogP contribution is 2.35. The molecule has 3 rings (SSSR count). The van der Waals surface area contributed by atoms with Crippen molar-refractivity contribution in [2.45, 2.75) is 18.9 Å². The summed E-state index contributed by atoms with van der Waals surface area (Å²) in [5, 5.41) is 10.8. The molecule has 1 aromatic carbocycles. The SMILES string of the molecule is O=c1cc(Cl)n(C2CC2)c(=O)n1-c1cccc(N[O-])c1. The molecule has 2 aromatic rings. The van der Waals surface area contributed by atoms with Crippen LogP contribution in [0.25, 0.3) is 5.69 Å². The minimum atomic E-state index is -0.514. The molecule has 104 valence electrons. The molecule has 6 nitrogen and oxygen atoms in total. The van der Waals surface area contributed by atoms with E-state index >= 15 is 0 Å². The lowest BCUT2D eigenvalue weighted by molar-refractivity contribution is 0.646. The maximum Gasteiger partial charge on any atom is 0.337 e. The fraction of sp³-hybridized carbons (Fsp3) is 0.231. The Morgan fingerprint density at radius 1 is 1.25 bits per heavy atom. The quantitative estimate of drug-likeness (QED) is 0.692. The zero-order valence-corrected chi connectivity index (χ0v) is 11.1. The first-order valence-corrected chi connectivity index (χ1v) is 6.52. The van der Waals surface area contributed by atoms with Gasteiger partial charge in [-0.15, -0.1) is 0 Å². The second kappa shape index (κ2) is 4.81. The summed E-state index contributed by atoms with van der Waals surface area (Å²) in [5.74, 6) is 0. The highest BCUT2D eigenvalue weighted by Gasteiger charge is 2.28. The second-order valence-electron chi connectivity index (χ2n) is 4.68. The van der Waals surface area contributed by atoms with Crippen molar-refractivity contribution in [3.8, 4) is 5.69 Å². The van der Waals surface area contributed by atoms with E-state index in [2.05, 4.69) is 0 Å². The molecule has 1 aliphatic carbocycles. The van der Waals surface area contributed by atoms with E-state index < -0.39 is 11.2 Å². The van der Waals surface area contributed by atoms with Crippen LogP contribution >= 0.6 is 11.6 Å². The number of nitrogens with one attached hydrogen (secondary N) is 1. The molecule has 0 bridgehead atoms. The van der Waals surface area contributed by atoms with Crippen LogP contribution in [0.1, 0.15) is 18.9 Å². The van der Waals surface area contributed by atoms with Gasteiger partial charge in [-0.2, -0.15) is 0 Å². The van der Waals surface area contributed by atoms with Crippen molar-refractivity contribution < 1.29 is 0 Å². The maximum atomic E-state index is 12.4. The molecule has 0 spiro atoms. The highest BCUT2D eigenvalue weighted by atomic mass is 35.5. The number of nitrogens with zero attached hydrogens (tertiary/aromatic N) is 2. The smallest absolute Gasteiger partial charge is 0.337 e. The summed E-state index contributed by atoms with van der Waals surface area (Å²) in [7, 11) is 0. The van der Waals surface area contributed by atoms with Crippen molar-refractivity contribution >= 4 is 17.3 Å². The van der Waals surface area contributed by atoms with Crippen LogP contribution in [0.5, 0.6) is 0 Å². The zero-order valence-electron chi connectivity index (χ0n) is 10.4. The summed E-state index contributed by atoms with van der Waals surface area (Å²) in [6, 6.07) is 7.46. The number of aromatic nitrogens is 2. The molecule has 1 aliphatic rings. The number of halogens is 1. The van der Waals surface area contributed by atoms with Crippen LogP contribution in [0.3, 0.4) is 0 Å². The van der Waals surface area contributed by atoms with Crippen LogP contribution in [0.15, 0.2) is 39.9 Å². The standard InChI is InChI=1S/C13H11ClN3O3/c14-11-7-12(18)17(13(19)16(11)9-4-5-9)10-3-1-2-8(6-10)15-20/h1-3,6-7,9,15H,4-5H2/q-1. The minimum Gasteiger partial charge on any atom is -0.761 e. The average Bonchev–Trinajstić information content (AvgIpc) is 3.23. The predicted molar refractivity (Wildman–Crippen MR) is 76.6 cm³/mol. The van der Waals surface area contributed by atoms with E-state index in [0.717, 1.165) is 17.4 Å². The zero-order chi connectivity index (χ0) is 14.3. The number of hydrogen-bond acceptors (Lipinski definition) is 4. The number of anilines is 1. The molecule has 0 unspecified atom stereocenters. The Balaban J connectivity index is 2.25. The molecule has 0 amide bonds. The van der Waals surface area contributed by atoms with Gasteiger partial charge in [-0.05, 0) is 31.0 Å². The van der Waals surface area contributed by atoms with Gasteiger partial charge in [0.1, 0.15) is 5.15 Å². The van der Waals surface area contributed by atoms with Crippen molar-refractivity contribution in [3.05, 3.63) is 61.5 Å². The third-order valence-corrected chi connectivity index (χ3v) is 3.52. The Morgan fingerprint density at radius 3 is 2.65 bits per heavy atom. The normalized spacial score (nSPS) is 14.3. The van der Waals surface area contributed by atoms with Gasteiger partial charge in [0.25, 0.3) is 5.56 Å². The molecule has 0 saturated heterocycles. The van der Waals surface area contributed by atoms with Gasteiger partial charge in [0, 0.05) is 17.8 Å². The van der Waals surface area contributed by atoms with Crippen molar-refractivity contribution in [1.29, 1.82) is 0 Å². The maximum absolute atomic E-state index is 12.4. The first-order valence-electron chi connectivity index (χ1n) is 6.14. The second-order valence-corrected chi connectivity index (χ2v) is 5.06. The van der Waals surface area contributed by atoms with Gasteiger partial charge in [-0.1, -0.05) is 17.7 Å². The number of hydrogen-bond donors (Lipinski definition) is 1. The Labute approximate surface area is 118 Å². The Kier molecular flexibility index (Phi) is 3.11. The lowest BCUT2D eigenvalue weighted by Gasteiger charge is -2.13. The summed E-state index contributed by atoms with van der Waals surface area (Å²) >= 11 is 5.98. The topological polar surface area (TPSA) is 79.1 Å². The van der Waals surface area contributed by atoms with E-state index in [1.807, 2.05) is 0 Å². The lowest BCUT2D eigenvalue weighted by atomic mass is 10.3. The average molecular weight is 293 g/mol. The predicted octanol–water partition coefficient (Wildman–Crippen LogP) is 1.90. The van der Waals surface area contributed by atoms with Crippen molar-refractivity contribution in [2.24, 2.45) is 0 Å². The van der Waals surface area contributed by atoms with Gasteiger partial charge < -0.3 is 10.7 Å².